The van der Waals surface area contributed by atoms with E-state index in [-0.39, 0.29) is 5.56 Å². The minimum Gasteiger partial charge on any atom is -0.371 e. The zero-order valence-corrected chi connectivity index (χ0v) is 13.6. The molecule has 4 rings (SSSR count). The number of thiazole rings is 1. The van der Waals surface area contributed by atoms with Crippen LogP contribution in [-0.4, -0.2) is 26.6 Å². The molecule has 24 heavy (non-hydrogen) atoms. The van der Waals surface area contributed by atoms with Gasteiger partial charge in [-0.2, -0.15) is 5.26 Å². The molecule has 0 amide bonds. The highest BCUT2D eigenvalue weighted by Crippen LogP contribution is 2.35. The summed E-state index contributed by atoms with van der Waals surface area (Å²) in [4.78, 5) is 14.4. The van der Waals surface area contributed by atoms with Crippen molar-refractivity contribution in [2.45, 2.75) is 0 Å². The lowest BCUT2D eigenvalue weighted by Gasteiger charge is -2.01. The van der Waals surface area contributed by atoms with E-state index in [4.69, 9.17) is 5.26 Å². The first-order valence-corrected chi connectivity index (χ1v) is 7.93. The van der Waals surface area contributed by atoms with Crippen molar-refractivity contribution in [2.75, 3.05) is 12.4 Å². The Morgan fingerprint density at radius 2 is 2.12 bits per heavy atom. The van der Waals surface area contributed by atoms with E-state index in [1.165, 1.54) is 23.5 Å². The van der Waals surface area contributed by atoms with Crippen LogP contribution in [-0.2, 0) is 7.05 Å². The number of aromatic nitrogens is 4. The van der Waals surface area contributed by atoms with Crippen LogP contribution in [0.15, 0.2) is 24.5 Å². The van der Waals surface area contributed by atoms with Gasteiger partial charge in [0.15, 0.2) is 5.82 Å². The van der Waals surface area contributed by atoms with Crippen LogP contribution < -0.4 is 5.32 Å². The second kappa shape index (κ2) is 5.25. The van der Waals surface area contributed by atoms with Gasteiger partial charge in [0.1, 0.15) is 38.3 Å². The van der Waals surface area contributed by atoms with Crippen LogP contribution in [0.1, 0.15) is 5.56 Å². The Labute approximate surface area is 140 Å². The van der Waals surface area contributed by atoms with Gasteiger partial charge in [0, 0.05) is 19.7 Å². The van der Waals surface area contributed by atoms with Gasteiger partial charge in [0.25, 0.3) is 0 Å². The number of rotatable bonds is 2. The smallest absolute Gasteiger partial charge is 0.155 e. The summed E-state index contributed by atoms with van der Waals surface area (Å²) in [6.07, 6.45) is 1.72. The first-order valence-electron chi connectivity index (χ1n) is 7.11. The Kier molecular flexibility index (Phi) is 3.18. The predicted molar refractivity (Wildman–Crippen MR) is 91.3 cm³/mol. The van der Waals surface area contributed by atoms with Crippen molar-refractivity contribution in [1.82, 2.24) is 19.5 Å². The summed E-state index contributed by atoms with van der Waals surface area (Å²) in [6.45, 7) is 0. The largest absolute Gasteiger partial charge is 0.371 e. The van der Waals surface area contributed by atoms with Crippen molar-refractivity contribution >= 4 is 38.5 Å². The molecule has 6 nitrogen and oxygen atoms in total. The molecule has 118 valence electrons. The number of nitriles is 1. The Bertz CT molecular complexity index is 1140. The van der Waals surface area contributed by atoms with Gasteiger partial charge in [-0.1, -0.05) is 11.3 Å². The van der Waals surface area contributed by atoms with E-state index < -0.39 is 5.82 Å². The van der Waals surface area contributed by atoms with E-state index in [0.29, 0.717) is 16.4 Å². The molecule has 8 heteroatoms. The van der Waals surface area contributed by atoms with E-state index in [1.807, 2.05) is 17.7 Å². The lowest BCUT2D eigenvalue weighted by atomic mass is 10.1. The number of imidazole rings is 1. The lowest BCUT2D eigenvalue weighted by molar-refractivity contribution is 0.624. The number of aryl methyl sites for hydroxylation is 1. The van der Waals surface area contributed by atoms with Crippen molar-refractivity contribution in [2.24, 2.45) is 7.05 Å². The van der Waals surface area contributed by atoms with Crippen LogP contribution in [0.5, 0.6) is 0 Å². The zero-order valence-electron chi connectivity index (χ0n) is 12.8. The Balaban J connectivity index is 2.01. The third kappa shape index (κ3) is 2.02. The molecular formula is C16H11FN6S. The van der Waals surface area contributed by atoms with E-state index in [9.17, 15) is 4.39 Å². The maximum absolute atomic E-state index is 13.5. The topological polar surface area (TPSA) is 79.4 Å². The average molecular weight is 338 g/mol. The molecule has 0 spiro atoms. The molecule has 4 aromatic rings. The summed E-state index contributed by atoms with van der Waals surface area (Å²) in [5.41, 5.74) is 3.07. The van der Waals surface area contributed by atoms with Crippen molar-refractivity contribution in [3.63, 3.8) is 0 Å². The van der Waals surface area contributed by atoms with Crippen LogP contribution >= 0.6 is 11.3 Å². The molecule has 0 aliphatic heterocycles. The minimum absolute atomic E-state index is 0.00121. The van der Waals surface area contributed by atoms with Crippen molar-refractivity contribution < 1.29 is 4.39 Å². The highest BCUT2D eigenvalue weighted by Gasteiger charge is 2.17. The first kappa shape index (κ1) is 14.5. The fourth-order valence-electron chi connectivity index (χ4n) is 2.62. The number of anilines is 1. The molecule has 0 fully saturated rings. The first-order chi connectivity index (χ1) is 11.6. The summed E-state index contributed by atoms with van der Waals surface area (Å²) in [7, 11) is 3.70. The van der Waals surface area contributed by atoms with Crippen molar-refractivity contribution in [3.05, 3.63) is 35.9 Å². The molecule has 0 saturated heterocycles. The van der Waals surface area contributed by atoms with Crippen molar-refractivity contribution in [3.8, 4) is 16.6 Å². The number of hydrogen-bond donors (Lipinski definition) is 1. The monoisotopic (exact) mass is 338 g/mol. The maximum Gasteiger partial charge on any atom is 0.155 e. The summed E-state index contributed by atoms with van der Waals surface area (Å²) in [5, 5.41) is 12.7. The van der Waals surface area contributed by atoms with Gasteiger partial charge in [-0.15, -0.1) is 0 Å². The molecule has 1 aromatic carbocycles. The molecule has 0 aliphatic rings. The van der Waals surface area contributed by atoms with E-state index in [0.717, 1.165) is 21.4 Å². The fraction of sp³-hybridized carbons (Fsp3) is 0.125. The number of hydrogen-bond acceptors (Lipinski definition) is 6. The third-order valence-corrected chi connectivity index (χ3v) is 4.78. The number of fused-ring (bicyclic) bond motifs is 3. The number of halogens is 1. The van der Waals surface area contributed by atoms with Gasteiger partial charge in [-0.3, -0.25) is 0 Å². The van der Waals surface area contributed by atoms with Gasteiger partial charge in [0.05, 0.1) is 11.9 Å². The zero-order chi connectivity index (χ0) is 16.8. The summed E-state index contributed by atoms with van der Waals surface area (Å²) >= 11 is 1.40. The average Bonchev–Trinajstić information content (AvgIpc) is 3.18. The van der Waals surface area contributed by atoms with E-state index in [1.54, 1.807) is 19.4 Å². The Hall–Kier alpha value is -3.05. The van der Waals surface area contributed by atoms with Crippen LogP contribution in [0.4, 0.5) is 10.2 Å². The fourth-order valence-corrected chi connectivity index (χ4v) is 3.56. The second-order valence-corrected chi connectivity index (χ2v) is 6.22. The summed E-state index contributed by atoms with van der Waals surface area (Å²) in [6, 6.07) is 6.26. The van der Waals surface area contributed by atoms with E-state index >= 15 is 0 Å². The number of nitrogens with zero attached hydrogens (tertiary/aromatic N) is 5. The van der Waals surface area contributed by atoms with Crippen LogP contribution in [0, 0.1) is 17.1 Å². The maximum atomic E-state index is 13.5. The molecule has 0 saturated carbocycles. The van der Waals surface area contributed by atoms with Crippen molar-refractivity contribution in [1.29, 1.82) is 5.26 Å². The lowest BCUT2D eigenvalue weighted by Crippen LogP contribution is -1.95. The molecular weight excluding hydrogens is 327 g/mol. The molecule has 3 aromatic heterocycles. The van der Waals surface area contributed by atoms with Gasteiger partial charge in [-0.05, 0) is 18.2 Å². The highest BCUT2D eigenvalue weighted by atomic mass is 32.1. The molecule has 0 bridgehead atoms. The quantitative estimate of drug-likeness (QED) is 0.607. The predicted octanol–water partition coefficient (Wildman–Crippen LogP) is 3.30. The van der Waals surface area contributed by atoms with Crippen LogP contribution in [0.2, 0.25) is 0 Å². The Morgan fingerprint density at radius 3 is 2.88 bits per heavy atom. The molecule has 0 unspecified atom stereocenters. The molecule has 1 N–H and O–H groups in total. The molecule has 0 aliphatic carbocycles. The van der Waals surface area contributed by atoms with E-state index in [2.05, 4.69) is 20.3 Å². The molecule has 0 atom stereocenters. The molecule has 3 heterocycles. The summed E-state index contributed by atoms with van der Waals surface area (Å²) < 4.78 is 15.4. The molecule has 0 radical (unpaired) electrons. The second-order valence-electron chi connectivity index (χ2n) is 5.24. The SMILES string of the molecule is CNc1nc2sc(-c3ccc(F)c(C#N)c3)nc2c2c1ncn2C. The number of nitrogens with one attached hydrogen (secondary N) is 1. The van der Waals surface area contributed by atoms with Gasteiger partial charge >= 0.3 is 0 Å². The van der Waals surface area contributed by atoms with Gasteiger partial charge in [0.2, 0.25) is 0 Å². The van der Waals surface area contributed by atoms with Crippen LogP contribution in [0.3, 0.4) is 0 Å². The summed E-state index contributed by atoms with van der Waals surface area (Å²) in [5.74, 6) is 0.150. The highest BCUT2D eigenvalue weighted by molar-refractivity contribution is 7.21. The Morgan fingerprint density at radius 1 is 1.29 bits per heavy atom. The normalized spacial score (nSPS) is 11.1. The van der Waals surface area contributed by atoms with Gasteiger partial charge < -0.3 is 9.88 Å². The third-order valence-electron chi connectivity index (χ3n) is 3.78. The van der Waals surface area contributed by atoms with Gasteiger partial charge in [-0.25, -0.2) is 19.3 Å². The van der Waals surface area contributed by atoms with Crippen LogP contribution in [0.25, 0.3) is 32.0 Å². The number of pyridine rings is 1. The standard InChI is InChI=1S/C16H11FN6S/c1-19-14-11-13(23(2)7-20-11)12-16(22-14)24-15(21-12)8-3-4-10(17)9(5-8)6-18/h3-5,7H,1-2H3,(H,19,22). The minimum atomic E-state index is -0.535. The number of benzene rings is 1.